The number of halogens is 1. The normalized spacial score (nSPS) is 15.8. The Morgan fingerprint density at radius 1 is 1.19 bits per heavy atom. The molecule has 1 aromatic carbocycles. The Labute approximate surface area is 202 Å². The summed E-state index contributed by atoms with van der Waals surface area (Å²) in [5.41, 5.74) is 1.20. The first-order chi connectivity index (χ1) is 14.6. The molecule has 0 amide bonds. The third kappa shape index (κ3) is 7.40. The number of ether oxygens (including phenoxy) is 2. The number of hydrogen-bond acceptors (Lipinski definition) is 5. The smallest absolute Gasteiger partial charge is 0.194 e. The van der Waals surface area contributed by atoms with Crippen molar-refractivity contribution >= 4 is 29.9 Å². The largest absolute Gasteiger partial charge is 0.497 e. The van der Waals surface area contributed by atoms with Crippen molar-refractivity contribution in [1.82, 2.24) is 15.1 Å². The molecule has 1 saturated heterocycles. The molecule has 2 heterocycles. The number of hydrogen-bond donors (Lipinski definition) is 1. The lowest BCUT2D eigenvalue weighted by Gasteiger charge is -2.33. The molecule has 1 N–H and O–H groups in total. The van der Waals surface area contributed by atoms with E-state index in [-0.39, 0.29) is 30.0 Å². The lowest BCUT2D eigenvalue weighted by atomic mass is 10.1. The number of methoxy groups -OCH3 is 1. The Balaban J connectivity index is 0.00000341. The van der Waals surface area contributed by atoms with E-state index in [9.17, 15) is 0 Å². The lowest BCUT2D eigenvalue weighted by molar-refractivity contribution is 0.0135. The van der Waals surface area contributed by atoms with Crippen molar-refractivity contribution < 1.29 is 13.9 Å². The molecular formula is C23H35IN4O3. The highest BCUT2D eigenvalue weighted by atomic mass is 127. The quantitative estimate of drug-likeness (QED) is 0.312. The Kier molecular flexibility index (Phi) is 10.6. The summed E-state index contributed by atoms with van der Waals surface area (Å²) in [6, 6.07) is 12.3. The van der Waals surface area contributed by atoms with Gasteiger partial charge in [0.2, 0.25) is 0 Å². The van der Waals surface area contributed by atoms with Gasteiger partial charge in [0.15, 0.2) is 5.96 Å². The second-order valence-electron chi connectivity index (χ2n) is 7.51. The van der Waals surface area contributed by atoms with E-state index in [0.29, 0.717) is 6.54 Å². The topological polar surface area (TPSA) is 62.5 Å². The standard InChI is InChI=1S/C23H34N4O3.HI/c1-5-24-23(26(3)17-19-7-9-20(28-4)10-8-19)25-16-21(22-11-6-18(2)30-22)27-12-14-29-15-13-27;/h6-11,21H,5,12-17H2,1-4H3,(H,24,25);1H. The average molecular weight is 542 g/mol. The number of nitrogens with zero attached hydrogens (tertiary/aromatic N) is 3. The fraction of sp³-hybridized carbons (Fsp3) is 0.522. The van der Waals surface area contributed by atoms with Gasteiger partial charge >= 0.3 is 0 Å². The van der Waals surface area contributed by atoms with Crippen LogP contribution in [0, 0.1) is 6.92 Å². The van der Waals surface area contributed by atoms with Crippen molar-refractivity contribution in [2.45, 2.75) is 26.4 Å². The van der Waals surface area contributed by atoms with Gasteiger partial charge in [-0.15, -0.1) is 24.0 Å². The summed E-state index contributed by atoms with van der Waals surface area (Å²) in [7, 11) is 3.75. The minimum absolute atomic E-state index is 0. The van der Waals surface area contributed by atoms with Crippen LogP contribution >= 0.6 is 24.0 Å². The molecule has 7 nitrogen and oxygen atoms in total. The third-order valence-electron chi connectivity index (χ3n) is 5.27. The molecule has 1 unspecified atom stereocenters. The molecule has 0 bridgehead atoms. The first-order valence-electron chi connectivity index (χ1n) is 10.6. The van der Waals surface area contributed by atoms with Gasteiger partial charge in [-0.3, -0.25) is 9.89 Å². The molecule has 1 aliphatic heterocycles. The van der Waals surface area contributed by atoms with Crippen molar-refractivity contribution in [2.75, 3.05) is 53.6 Å². The fourth-order valence-corrected chi connectivity index (χ4v) is 3.63. The monoisotopic (exact) mass is 542 g/mol. The van der Waals surface area contributed by atoms with Gasteiger partial charge in [0.1, 0.15) is 17.3 Å². The van der Waals surface area contributed by atoms with E-state index in [0.717, 1.165) is 62.6 Å². The van der Waals surface area contributed by atoms with E-state index in [1.54, 1.807) is 7.11 Å². The molecule has 0 spiro atoms. The molecule has 1 fully saturated rings. The van der Waals surface area contributed by atoms with Crippen molar-refractivity contribution in [1.29, 1.82) is 0 Å². The minimum Gasteiger partial charge on any atom is -0.497 e. The number of furan rings is 1. The number of benzene rings is 1. The number of aliphatic imine (C=N–C) groups is 1. The van der Waals surface area contributed by atoms with Gasteiger partial charge in [-0.25, -0.2) is 0 Å². The van der Waals surface area contributed by atoms with Gasteiger partial charge in [0.05, 0.1) is 32.9 Å². The molecule has 3 rings (SSSR count). The van der Waals surface area contributed by atoms with Crippen molar-refractivity contribution in [2.24, 2.45) is 4.99 Å². The second kappa shape index (κ2) is 12.9. The highest BCUT2D eigenvalue weighted by molar-refractivity contribution is 14.0. The van der Waals surface area contributed by atoms with Crippen LogP contribution in [0.3, 0.4) is 0 Å². The minimum atomic E-state index is 0. The van der Waals surface area contributed by atoms with Crippen LogP contribution in [0.25, 0.3) is 0 Å². The predicted octanol–water partition coefficient (Wildman–Crippen LogP) is 3.69. The Morgan fingerprint density at radius 3 is 2.48 bits per heavy atom. The first-order valence-corrected chi connectivity index (χ1v) is 10.6. The van der Waals surface area contributed by atoms with Crippen molar-refractivity contribution in [3.63, 3.8) is 0 Å². The van der Waals surface area contributed by atoms with Crippen LogP contribution in [0.2, 0.25) is 0 Å². The SMILES string of the molecule is CCNC(=NCC(c1ccc(C)o1)N1CCOCC1)N(C)Cc1ccc(OC)cc1.I. The maximum absolute atomic E-state index is 5.97. The molecule has 2 aromatic rings. The van der Waals surface area contributed by atoms with Crippen LogP contribution in [0.1, 0.15) is 30.0 Å². The Morgan fingerprint density at radius 2 is 1.90 bits per heavy atom. The molecule has 0 aliphatic carbocycles. The van der Waals surface area contributed by atoms with Gasteiger partial charge in [-0.2, -0.15) is 0 Å². The molecule has 0 saturated carbocycles. The molecule has 172 valence electrons. The van der Waals surface area contributed by atoms with E-state index in [1.807, 2.05) is 25.1 Å². The van der Waals surface area contributed by atoms with E-state index >= 15 is 0 Å². The van der Waals surface area contributed by atoms with E-state index in [1.165, 1.54) is 5.56 Å². The number of morpholine rings is 1. The molecule has 1 atom stereocenters. The molecule has 1 aliphatic rings. The van der Waals surface area contributed by atoms with E-state index in [2.05, 4.69) is 47.3 Å². The number of rotatable bonds is 8. The van der Waals surface area contributed by atoms with Crippen LogP contribution < -0.4 is 10.1 Å². The molecule has 31 heavy (non-hydrogen) atoms. The Hall–Kier alpha value is -1.78. The van der Waals surface area contributed by atoms with Crippen molar-refractivity contribution in [3.8, 4) is 5.75 Å². The fourth-order valence-electron chi connectivity index (χ4n) is 3.63. The van der Waals surface area contributed by atoms with Gasteiger partial charge in [0.25, 0.3) is 0 Å². The molecular weight excluding hydrogens is 507 g/mol. The predicted molar refractivity (Wildman–Crippen MR) is 134 cm³/mol. The average Bonchev–Trinajstić information content (AvgIpc) is 3.20. The Bertz CT molecular complexity index is 803. The zero-order valence-electron chi connectivity index (χ0n) is 19.0. The van der Waals surface area contributed by atoms with Crippen LogP contribution in [0.5, 0.6) is 5.75 Å². The first kappa shape index (κ1) is 25.5. The maximum atomic E-state index is 5.97. The summed E-state index contributed by atoms with van der Waals surface area (Å²) >= 11 is 0. The summed E-state index contributed by atoms with van der Waals surface area (Å²) in [4.78, 5) is 9.52. The second-order valence-corrected chi connectivity index (χ2v) is 7.51. The summed E-state index contributed by atoms with van der Waals surface area (Å²) in [6.07, 6.45) is 0. The van der Waals surface area contributed by atoms with Gasteiger partial charge < -0.3 is 24.1 Å². The number of nitrogens with one attached hydrogen (secondary N) is 1. The summed E-state index contributed by atoms with van der Waals surface area (Å²) < 4.78 is 16.8. The number of guanidine groups is 1. The summed E-state index contributed by atoms with van der Waals surface area (Å²) in [6.45, 7) is 9.54. The lowest BCUT2D eigenvalue weighted by Crippen LogP contribution is -2.42. The van der Waals surface area contributed by atoms with Gasteiger partial charge in [0, 0.05) is 33.2 Å². The van der Waals surface area contributed by atoms with Crippen LogP contribution in [0.15, 0.2) is 45.8 Å². The van der Waals surface area contributed by atoms with Gasteiger partial charge in [-0.05, 0) is 43.7 Å². The molecule has 8 heteroatoms. The highest BCUT2D eigenvalue weighted by Crippen LogP contribution is 2.24. The van der Waals surface area contributed by atoms with E-state index < -0.39 is 0 Å². The zero-order valence-corrected chi connectivity index (χ0v) is 21.3. The zero-order chi connectivity index (χ0) is 21.3. The van der Waals surface area contributed by atoms with Crippen molar-refractivity contribution in [3.05, 3.63) is 53.5 Å². The molecule has 0 radical (unpaired) electrons. The van der Waals surface area contributed by atoms with E-state index in [4.69, 9.17) is 18.9 Å². The summed E-state index contributed by atoms with van der Waals surface area (Å²) in [5, 5.41) is 3.42. The highest BCUT2D eigenvalue weighted by Gasteiger charge is 2.25. The summed E-state index contributed by atoms with van der Waals surface area (Å²) in [5.74, 6) is 3.64. The van der Waals surface area contributed by atoms with Crippen LogP contribution in [-0.2, 0) is 11.3 Å². The number of aryl methyl sites for hydroxylation is 1. The third-order valence-corrected chi connectivity index (χ3v) is 5.27. The molecule has 1 aromatic heterocycles. The van der Waals surface area contributed by atoms with Crippen LogP contribution in [-0.4, -0.2) is 69.3 Å². The van der Waals surface area contributed by atoms with Crippen LogP contribution in [0.4, 0.5) is 0 Å². The maximum Gasteiger partial charge on any atom is 0.194 e. The van der Waals surface area contributed by atoms with Gasteiger partial charge in [-0.1, -0.05) is 12.1 Å².